The van der Waals surface area contributed by atoms with Gasteiger partial charge in [-0.25, -0.2) is 4.79 Å². The number of hydrogen-bond donors (Lipinski definition) is 3. The molecule has 0 radical (unpaired) electrons. The molecular weight excluding hydrogens is 483 g/mol. The Morgan fingerprint density at radius 3 is 2.31 bits per heavy atom. The van der Waals surface area contributed by atoms with Gasteiger partial charge in [0.1, 0.15) is 11.4 Å². The Hall–Kier alpha value is -1.71. The normalized spacial score (nSPS) is 13.0. The van der Waals surface area contributed by atoms with Gasteiger partial charge < -0.3 is 25.4 Å². The van der Waals surface area contributed by atoms with Gasteiger partial charge in [0, 0.05) is 26.1 Å². The molecule has 1 amide bonds. The van der Waals surface area contributed by atoms with Crippen molar-refractivity contribution in [1.29, 1.82) is 0 Å². The number of aliphatic imine (C=N–C) groups is 1. The Morgan fingerprint density at radius 2 is 1.76 bits per heavy atom. The van der Waals surface area contributed by atoms with Crippen molar-refractivity contribution >= 4 is 36.0 Å². The second-order valence-electron chi connectivity index (χ2n) is 8.46. The van der Waals surface area contributed by atoms with Crippen LogP contribution in [0.1, 0.15) is 53.0 Å². The van der Waals surface area contributed by atoms with E-state index in [0.717, 1.165) is 11.3 Å². The quantitative estimate of drug-likeness (QED) is 0.289. The van der Waals surface area contributed by atoms with E-state index in [1.807, 2.05) is 52.8 Å². The molecule has 0 bridgehead atoms. The largest absolute Gasteiger partial charge is 0.496 e. The second-order valence-corrected chi connectivity index (χ2v) is 8.46. The molecule has 0 heterocycles. The standard InChI is InChI=1S/C21H36N4O3.HI/c1-15(16-11-9-10-12-17(16)27-8)13-23-18(22-7)24-14-21(5,6)25-19(26)28-20(2,3)4;/h9-12,15H,13-14H2,1-8H3,(H,25,26)(H2,22,23,24);1H. The topological polar surface area (TPSA) is 84.0 Å². The Kier molecular flexibility index (Phi) is 11.4. The number of nitrogens with zero attached hydrogens (tertiary/aromatic N) is 1. The van der Waals surface area contributed by atoms with Crippen molar-refractivity contribution in [2.45, 2.75) is 58.6 Å². The van der Waals surface area contributed by atoms with Crippen LogP contribution in [0.5, 0.6) is 5.75 Å². The second kappa shape index (κ2) is 12.1. The first-order chi connectivity index (χ1) is 13.0. The van der Waals surface area contributed by atoms with Crippen LogP contribution in [0.25, 0.3) is 0 Å². The third kappa shape index (κ3) is 10.6. The molecule has 166 valence electrons. The van der Waals surface area contributed by atoms with Gasteiger partial charge in [0.2, 0.25) is 0 Å². The van der Waals surface area contributed by atoms with Crippen LogP contribution in [-0.4, -0.2) is 50.4 Å². The van der Waals surface area contributed by atoms with E-state index in [1.165, 1.54) is 0 Å². The number of ether oxygens (including phenoxy) is 2. The van der Waals surface area contributed by atoms with Gasteiger partial charge in [-0.2, -0.15) is 0 Å². The van der Waals surface area contributed by atoms with Crippen molar-refractivity contribution in [3.63, 3.8) is 0 Å². The first-order valence-corrected chi connectivity index (χ1v) is 9.56. The lowest BCUT2D eigenvalue weighted by Gasteiger charge is -2.29. The molecule has 1 aromatic carbocycles. The summed E-state index contributed by atoms with van der Waals surface area (Å²) < 4.78 is 10.8. The van der Waals surface area contributed by atoms with Crippen LogP contribution < -0.4 is 20.7 Å². The van der Waals surface area contributed by atoms with Crippen LogP contribution in [0.4, 0.5) is 4.79 Å². The van der Waals surface area contributed by atoms with Crippen molar-refractivity contribution in [3.05, 3.63) is 29.8 Å². The number of carbonyl (C=O) groups is 1. The Labute approximate surface area is 192 Å². The predicted molar refractivity (Wildman–Crippen MR) is 130 cm³/mol. The smallest absolute Gasteiger partial charge is 0.408 e. The number of para-hydroxylation sites is 1. The van der Waals surface area contributed by atoms with Crippen LogP contribution in [0.2, 0.25) is 0 Å². The van der Waals surface area contributed by atoms with E-state index < -0.39 is 17.2 Å². The molecule has 7 nitrogen and oxygen atoms in total. The first-order valence-electron chi connectivity index (χ1n) is 9.56. The number of guanidine groups is 1. The highest BCUT2D eigenvalue weighted by molar-refractivity contribution is 14.0. The number of halogens is 1. The summed E-state index contributed by atoms with van der Waals surface area (Å²) in [5, 5.41) is 9.45. The minimum Gasteiger partial charge on any atom is -0.496 e. The lowest BCUT2D eigenvalue weighted by Crippen LogP contribution is -2.54. The zero-order valence-corrected chi connectivity index (χ0v) is 21.2. The molecule has 1 atom stereocenters. The predicted octanol–water partition coefficient (Wildman–Crippen LogP) is 3.89. The van der Waals surface area contributed by atoms with Crippen LogP contribution >= 0.6 is 24.0 Å². The highest BCUT2D eigenvalue weighted by Gasteiger charge is 2.24. The van der Waals surface area contributed by atoms with Crippen molar-refractivity contribution in [2.75, 3.05) is 27.2 Å². The molecule has 0 saturated carbocycles. The molecule has 0 aliphatic carbocycles. The summed E-state index contributed by atoms with van der Waals surface area (Å²) >= 11 is 0. The molecule has 0 aliphatic heterocycles. The zero-order chi connectivity index (χ0) is 21.4. The summed E-state index contributed by atoms with van der Waals surface area (Å²) in [6.07, 6.45) is -0.438. The average Bonchev–Trinajstić information content (AvgIpc) is 2.59. The van der Waals surface area contributed by atoms with E-state index in [0.29, 0.717) is 19.0 Å². The number of methoxy groups -OCH3 is 1. The summed E-state index contributed by atoms with van der Waals surface area (Å²) in [6, 6.07) is 7.99. The van der Waals surface area contributed by atoms with E-state index >= 15 is 0 Å². The van der Waals surface area contributed by atoms with Gasteiger partial charge in [0.25, 0.3) is 0 Å². The maximum Gasteiger partial charge on any atom is 0.408 e. The SMILES string of the molecule is CN=C(NCC(C)c1ccccc1OC)NCC(C)(C)NC(=O)OC(C)(C)C.I. The average molecular weight is 520 g/mol. The molecule has 0 aromatic heterocycles. The van der Waals surface area contributed by atoms with Gasteiger partial charge >= 0.3 is 6.09 Å². The van der Waals surface area contributed by atoms with Gasteiger partial charge in [-0.3, -0.25) is 4.99 Å². The summed E-state index contributed by atoms with van der Waals surface area (Å²) in [5.74, 6) is 1.78. The minimum atomic E-state index is -0.528. The van der Waals surface area contributed by atoms with E-state index in [1.54, 1.807) is 14.2 Å². The van der Waals surface area contributed by atoms with Crippen molar-refractivity contribution in [2.24, 2.45) is 4.99 Å². The first kappa shape index (κ1) is 27.3. The fourth-order valence-electron chi connectivity index (χ4n) is 2.58. The molecule has 1 aromatic rings. The molecule has 1 rings (SSSR count). The number of hydrogen-bond acceptors (Lipinski definition) is 4. The highest BCUT2D eigenvalue weighted by atomic mass is 127. The van der Waals surface area contributed by atoms with Gasteiger partial charge in [-0.1, -0.05) is 25.1 Å². The van der Waals surface area contributed by atoms with Crippen molar-refractivity contribution in [1.82, 2.24) is 16.0 Å². The fraction of sp³-hybridized carbons (Fsp3) is 0.619. The Balaban J connectivity index is 0.00000784. The van der Waals surface area contributed by atoms with E-state index in [2.05, 4.69) is 33.9 Å². The van der Waals surface area contributed by atoms with Gasteiger partial charge in [-0.05, 0) is 46.2 Å². The molecule has 0 spiro atoms. The van der Waals surface area contributed by atoms with Gasteiger partial charge in [0.15, 0.2) is 5.96 Å². The molecule has 1 unspecified atom stereocenters. The van der Waals surface area contributed by atoms with Crippen LogP contribution in [0.3, 0.4) is 0 Å². The van der Waals surface area contributed by atoms with E-state index in [9.17, 15) is 4.79 Å². The molecule has 0 fully saturated rings. The summed E-state index contributed by atoms with van der Waals surface area (Å²) in [7, 11) is 3.40. The van der Waals surface area contributed by atoms with E-state index in [4.69, 9.17) is 9.47 Å². The number of rotatable bonds is 7. The molecule has 29 heavy (non-hydrogen) atoms. The zero-order valence-electron chi connectivity index (χ0n) is 18.9. The third-order valence-corrected chi connectivity index (χ3v) is 4.01. The molecule has 8 heteroatoms. The van der Waals surface area contributed by atoms with Crippen molar-refractivity contribution in [3.8, 4) is 5.75 Å². The van der Waals surface area contributed by atoms with Crippen LogP contribution in [0, 0.1) is 0 Å². The lowest BCUT2D eigenvalue weighted by atomic mass is 10.0. The highest BCUT2D eigenvalue weighted by Crippen LogP contribution is 2.25. The Morgan fingerprint density at radius 1 is 1.14 bits per heavy atom. The molecule has 0 aliphatic rings. The fourth-order valence-corrected chi connectivity index (χ4v) is 2.58. The maximum atomic E-state index is 12.0. The Bertz CT molecular complexity index is 672. The summed E-state index contributed by atoms with van der Waals surface area (Å²) in [5.41, 5.74) is 0.105. The number of benzene rings is 1. The summed E-state index contributed by atoms with van der Waals surface area (Å²) in [6.45, 7) is 12.7. The van der Waals surface area contributed by atoms with Crippen LogP contribution in [-0.2, 0) is 4.74 Å². The minimum absolute atomic E-state index is 0. The van der Waals surface area contributed by atoms with Gasteiger partial charge in [0.05, 0.1) is 12.6 Å². The monoisotopic (exact) mass is 520 g/mol. The summed E-state index contributed by atoms with van der Waals surface area (Å²) in [4.78, 5) is 16.3. The van der Waals surface area contributed by atoms with Crippen molar-refractivity contribution < 1.29 is 14.3 Å². The number of alkyl carbamates (subject to hydrolysis) is 1. The number of amides is 1. The van der Waals surface area contributed by atoms with Crippen LogP contribution in [0.15, 0.2) is 29.3 Å². The third-order valence-electron chi connectivity index (χ3n) is 4.01. The maximum absolute atomic E-state index is 12.0. The van der Waals surface area contributed by atoms with Gasteiger partial charge in [-0.15, -0.1) is 24.0 Å². The molecular formula is C21H37IN4O3. The lowest BCUT2D eigenvalue weighted by molar-refractivity contribution is 0.0474. The van der Waals surface area contributed by atoms with E-state index in [-0.39, 0.29) is 29.9 Å². The molecule has 3 N–H and O–H groups in total. The molecule has 0 saturated heterocycles. The number of carbonyl (C=O) groups excluding carboxylic acids is 1. The number of nitrogens with one attached hydrogen (secondary N) is 3.